The second-order valence-electron chi connectivity index (χ2n) is 10.9. The van der Waals surface area contributed by atoms with Crippen molar-refractivity contribution >= 4 is 11.9 Å². The molecule has 0 fully saturated rings. The Morgan fingerprint density at radius 2 is 1.60 bits per heavy atom. The number of hydrogen-bond donors (Lipinski definition) is 2. The van der Waals surface area contributed by atoms with Gasteiger partial charge >= 0.3 is 12.3 Å². The van der Waals surface area contributed by atoms with Gasteiger partial charge in [-0.3, -0.25) is 9.59 Å². The number of ether oxygens (including phenoxy) is 1. The number of hydrogen-bond acceptors (Lipinski definition) is 5. The minimum absolute atomic E-state index is 0.0298. The number of amides is 1. The first-order valence-corrected chi connectivity index (χ1v) is 13.3. The van der Waals surface area contributed by atoms with E-state index in [9.17, 15) is 22.8 Å². The molecular formula is C32H31F3N2O5. The fourth-order valence-electron chi connectivity index (χ4n) is 4.43. The number of alkyl halides is 3. The van der Waals surface area contributed by atoms with Crippen molar-refractivity contribution < 1.29 is 37.1 Å². The lowest BCUT2D eigenvalue weighted by Gasteiger charge is -2.21. The topological polar surface area (TPSA) is 102 Å². The molecule has 7 nitrogen and oxygen atoms in total. The third-order valence-electron chi connectivity index (χ3n) is 6.72. The lowest BCUT2D eigenvalue weighted by molar-refractivity contribution is -0.274. The van der Waals surface area contributed by atoms with Gasteiger partial charge in [-0.25, -0.2) is 0 Å². The lowest BCUT2D eigenvalue weighted by Crippen LogP contribution is -2.25. The van der Waals surface area contributed by atoms with Crippen LogP contribution in [0.15, 0.2) is 83.4 Å². The fourth-order valence-corrected chi connectivity index (χ4v) is 4.43. The maximum atomic E-state index is 12.5. The molecule has 0 bridgehead atoms. The van der Waals surface area contributed by atoms with Gasteiger partial charge in [-0.15, -0.1) is 13.2 Å². The van der Waals surface area contributed by atoms with Crippen molar-refractivity contribution in [1.29, 1.82) is 0 Å². The summed E-state index contributed by atoms with van der Waals surface area (Å²) in [6.07, 6.45) is -4.41. The van der Waals surface area contributed by atoms with Gasteiger partial charge in [-0.1, -0.05) is 62.3 Å². The molecule has 0 saturated carbocycles. The quantitative estimate of drug-likeness (QED) is 0.207. The fraction of sp³-hybridized carbons (Fsp3) is 0.281. The molecular weight excluding hydrogens is 549 g/mol. The molecule has 0 aliphatic carbocycles. The third kappa shape index (κ3) is 8.22. The Morgan fingerprint density at radius 1 is 0.952 bits per heavy atom. The smallest absolute Gasteiger partial charge is 0.481 e. The molecule has 1 aromatic heterocycles. The summed E-state index contributed by atoms with van der Waals surface area (Å²) in [5, 5.41) is 15.7. The van der Waals surface area contributed by atoms with E-state index in [2.05, 4.69) is 48.1 Å². The van der Waals surface area contributed by atoms with Crippen LogP contribution in [0.3, 0.4) is 0 Å². The lowest BCUT2D eigenvalue weighted by atomic mass is 9.83. The van der Waals surface area contributed by atoms with Crippen LogP contribution in [-0.4, -0.2) is 35.0 Å². The molecule has 1 amide bonds. The van der Waals surface area contributed by atoms with Crippen LogP contribution < -0.4 is 10.1 Å². The van der Waals surface area contributed by atoms with Crippen LogP contribution in [0.2, 0.25) is 0 Å². The molecule has 4 aromatic rings. The molecule has 0 aliphatic heterocycles. The molecule has 1 unspecified atom stereocenters. The Bertz CT molecular complexity index is 1500. The van der Waals surface area contributed by atoms with Crippen molar-refractivity contribution in [3.05, 3.63) is 107 Å². The molecule has 4 rings (SSSR count). The highest BCUT2D eigenvalue weighted by Gasteiger charge is 2.31. The molecule has 0 saturated heterocycles. The number of aromatic nitrogens is 1. The third-order valence-corrected chi connectivity index (χ3v) is 6.72. The van der Waals surface area contributed by atoms with Crippen molar-refractivity contribution in [2.75, 3.05) is 6.54 Å². The normalized spacial score (nSPS) is 12.5. The van der Waals surface area contributed by atoms with E-state index < -0.39 is 12.3 Å². The molecule has 1 heterocycles. The minimum Gasteiger partial charge on any atom is -0.481 e. The summed E-state index contributed by atoms with van der Waals surface area (Å²) in [7, 11) is 0. The van der Waals surface area contributed by atoms with Gasteiger partial charge in [0.25, 0.3) is 5.91 Å². The Balaban J connectivity index is 1.58. The Hall–Kier alpha value is -4.60. The zero-order valence-corrected chi connectivity index (χ0v) is 23.4. The highest BCUT2D eigenvalue weighted by molar-refractivity contribution is 5.94. The van der Waals surface area contributed by atoms with Crippen LogP contribution in [0.25, 0.3) is 11.3 Å². The molecule has 1 atom stereocenters. The van der Waals surface area contributed by atoms with Crippen molar-refractivity contribution in [3.8, 4) is 17.1 Å². The second kappa shape index (κ2) is 12.5. The van der Waals surface area contributed by atoms with E-state index in [0.29, 0.717) is 29.0 Å². The summed E-state index contributed by atoms with van der Waals surface area (Å²) in [6.45, 7) is 6.44. The van der Waals surface area contributed by atoms with E-state index in [1.165, 1.54) is 29.8 Å². The molecule has 0 radical (unpaired) electrons. The Labute approximate surface area is 241 Å². The summed E-state index contributed by atoms with van der Waals surface area (Å²) in [5.41, 5.74) is 4.66. The number of benzene rings is 3. The first-order chi connectivity index (χ1) is 19.8. The molecule has 0 spiro atoms. The van der Waals surface area contributed by atoms with Crippen molar-refractivity contribution in [1.82, 2.24) is 10.5 Å². The predicted molar refractivity (Wildman–Crippen MR) is 150 cm³/mol. The number of carbonyl (C=O) groups is 2. The average molecular weight is 581 g/mol. The number of aliphatic carboxylic acids is 1. The highest BCUT2D eigenvalue weighted by Crippen LogP contribution is 2.34. The first-order valence-electron chi connectivity index (χ1n) is 13.3. The van der Waals surface area contributed by atoms with Crippen molar-refractivity contribution in [2.24, 2.45) is 0 Å². The number of nitrogens with zero attached hydrogens (tertiary/aromatic N) is 1. The first kappa shape index (κ1) is 30.4. The monoisotopic (exact) mass is 580 g/mol. The number of rotatable bonds is 10. The number of halogens is 3. The SMILES string of the molecule is CC(C)(C)c1ccc(C(Cc2ccc(C(=O)NCCC(=O)O)cc2)c2cc(-c3ccc(OC(F)(F)F)cc3)on2)cc1. The Kier molecular flexibility index (Phi) is 9.04. The number of carboxylic acids is 1. The zero-order chi connectivity index (χ0) is 30.5. The summed E-state index contributed by atoms with van der Waals surface area (Å²) >= 11 is 0. The standard InChI is InChI=1S/C32H31F3N2O5/c1-31(2,3)24-12-8-21(9-13-24)26(18-20-4-6-23(7-5-20)30(40)36-17-16-29(38)39)27-19-28(42-37-27)22-10-14-25(15-11-22)41-32(33,34)35/h4-15,19,26H,16-18H2,1-3H3,(H,36,40)(H,38,39). The summed E-state index contributed by atoms with van der Waals surface area (Å²) in [6, 6.07) is 22.4. The molecule has 0 aliphatic rings. The van der Waals surface area contributed by atoms with E-state index >= 15 is 0 Å². The van der Waals surface area contributed by atoms with Crippen LogP contribution >= 0.6 is 0 Å². The van der Waals surface area contributed by atoms with Gasteiger partial charge in [0.1, 0.15) is 5.75 Å². The highest BCUT2D eigenvalue weighted by atomic mass is 19.4. The zero-order valence-electron chi connectivity index (χ0n) is 23.4. The van der Waals surface area contributed by atoms with E-state index in [1.54, 1.807) is 18.2 Å². The molecule has 42 heavy (non-hydrogen) atoms. The van der Waals surface area contributed by atoms with Gasteiger partial charge in [-0.2, -0.15) is 0 Å². The van der Waals surface area contributed by atoms with Crippen LogP contribution in [0.4, 0.5) is 13.2 Å². The van der Waals surface area contributed by atoms with Crippen LogP contribution in [0, 0.1) is 0 Å². The summed E-state index contributed by atoms with van der Waals surface area (Å²) in [5.74, 6) is -1.50. The summed E-state index contributed by atoms with van der Waals surface area (Å²) < 4.78 is 47.2. The van der Waals surface area contributed by atoms with E-state index in [-0.39, 0.29) is 36.0 Å². The molecule has 10 heteroatoms. The predicted octanol–water partition coefficient (Wildman–Crippen LogP) is 7.12. The minimum atomic E-state index is -4.78. The van der Waals surface area contributed by atoms with E-state index in [0.717, 1.165) is 11.1 Å². The number of carboxylic acid groups (broad SMARTS) is 1. The molecule has 3 aromatic carbocycles. The maximum absolute atomic E-state index is 12.5. The van der Waals surface area contributed by atoms with Gasteiger partial charge in [0.05, 0.1) is 12.1 Å². The van der Waals surface area contributed by atoms with Gasteiger partial charge < -0.3 is 19.7 Å². The largest absolute Gasteiger partial charge is 0.573 e. The van der Waals surface area contributed by atoms with Crippen molar-refractivity contribution in [3.63, 3.8) is 0 Å². The number of nitrogens with one attached hydrogen (secondary N) is 1. The van der Waals surface area contributed by atoms with Gasteiger partial charge in [0, 0.05) is 29.7 Å². The molecule has 2 N–H and O–H groups in total. The van der Waals surface area contributed by atoms with Gasteiger partial charge in [0.2, 0.25) is 0 Å². The van der Waals surface area contributed by atoms with Gasteiger partial charge in [-0.05, 0) is 64.9 Å². The molecule has 220 valence electrons. The maximum Gasteiger partial charge on any atom is 0.573 e. The van der Waals surface area contributed by atoms with Crippen LogP contribution in [0.1, 0.15) is 65.9 Å². The van der Waals surface area contributed by atoms with Crippen LogP contribution in [0.5, 0.6) is 5.75 Å². The number of carbonyl (C=O) groups excluding carboxylic acids is 1. The Morgan fingerprint density at radius 3 is 2.17 bits per heavy atom. The van der Waals surface area contributed by atoms with Gasteiger partial charge in [0.15, 0.2) is 5.76 Å². The summed E-state index contributed by atoms with van der Waals surface area (Å²) in [4.78, 5) is 23.1. The average Bonchev–Trinajstić information content (AvgIpc) is 3.41. The second-order valence-corrected chi connectivity index (χ2v) is 10.9. The van der Waals surface area contributed by atoms with Crippen molar-refractivity contribution in [2.45, 2.75) is 51.3 Å². The van der Waals surface area contributed by atoms with E-state index in [1.807, 2.05) is 24.3 Å². The van der Waals surface area contributed by atoms with Crippen LogP contribution in [-0.2, 0) is 16.6 Å². The van der Waals surface area contributed by atoms with E-state index in [4.69, 9.17) is 9.63 Å².